The van der Waals surface area contributed by atoms with Crippen LogP contribution in [0.2, 0.25) is 0 Å². The number of aryl methyl sites for hydroxylation is 1. The molecular formula is C23H24FN3O. The van der Waals surface area contributed by atoms with Gasteiger partial charge in [-0.25, -0.2) is 4.39 Å². The smallest absolute Gasteiger partial charge is 0.238 e. The Balaban J connectivity index is 1.37. The van der Waals surface area contributed by atoms with Crippen LogP contribution >= 0.6 is 0 Å². The molecule has 1 fully saturated rings. The van der Waals surface area contributed by atoms with Gasteiger partial charge in [0.1, 0.15) is 5.82 Å². The van der Waals surface area contributed by atoms with Crippen LogP contribution in [0, 0.1) is 12.7 Å². The number of nitrogens with one attached hydrogen (secondary N) is 1. The molecule has 144 valence electrons. The number of rotatable bonds is 4. The number of halogens is 1. The fraction of sp³-hybridized carbons (Fsp3) is 0.261. The molecule has 3 aromatic rings. The highest BCUT2D eigenvalue weighted by atomic mass is 19.1. The molecule has 4 nitrogen and oxygen atoms in total. The molecule has 1 saturated heterocycles. The molecule has 0 atom stereocenters. The summed E-state index contributed by atoms with van der Waals surface area (Å²) >= 11 is 0. The lowest BCUT2D eigenvalue weighted by Crippen LogP contribution is -2.48. The van der Waals surface area contributed by atoms with Gasteiger partial charge >= 0.3 is 0 Å². The van der Waals surface area contributed by atoms with Crippen LogP contribution in [0.5, 0.6) is 0 Å². The minimum Gasteiger partial charge on any atom is -0.369 e. The molecule has 1 heterocycles. The molecule has 3 aromatic carbocycles. The minimum absolute atomic E-state index is 0.00897. The van der Waals surface area contributed by atoms with Gasteiger partial charge in [-0.3, -0.25) is 9.69 Å². The molecule has 0 aromatic heterocycles. The largest absolute Gasteiger partial charge is 0.369 e. The van der Waals surface area contributed by atoms with E-state index in [1.807, 2.05) is 31.2 Å². The predicted octanol–water partition coefficient (Wildman–Crippen LogP) is 4.05. The monoisotopic (exact) mass is 377 g/mol. The normalized spacial score (nSPS) is 15.0. The molecule has 1 aliphatic rings. The van der Waals surface area contributed by atoms with Crippen LogP contribution in [0.25, 0.3) is 10.8 Å². The van der Waals surface area contributed by atoms with E-state index in [0.29, 0.717) is 6.54 Å². The molecule has 0 bridgehead atoms. The van der Waals surface area contributed by atoms with Gasteiger partial charge in [0.05, 0.1) is 12.2 Å². The van der Waals surface area contributed by atoms with Gasteiger partial charge in [-0.1, -0.05) is 36.4 Å². The minimum atomic E-state index is -0.220. The molecule has 1 aliphatic heterocycles. The highest BCUT2D eigenvalue weighted by molar-refractivity contribution is 6.04. The molecule has 0 saturated carbocycles. The van der Waals surface area contributed by atoms with Crippen LogP contribution < -0.4 is 10.2 Å². The number of hydrogen-bond donors (Lipinski definition) is 1. The van der Waals surface area contributed by atoms with Crippen molar-refractivity contribution in [2.75, 3.05) is 42.9 Å². The Morgan fingerprint density at radius 1 is 0.964 bits per heavy atom. The summed E-state index contributed by atoms with van der Waals surface area (Å²) in [6, 6.07) is 18.8. The standard InChI is InChI=1S/C23H24FN3O/c1-17-6-7-18-4-2-3-5-21(18)23(17)25-22(28)16-26-12-14-27(15-13-26)20-10-8-19(24)9-11-20/h2-11H,12-16H2,1H3,(H,25,28). The fourth-order valence-corrected chi connectivity index (χ4v) is 3.74. The van der Waals surface area contributed by atoms with Crippen molar-refractivity contribution in [3.63, 3.8) is 0 Å². The third kappa shape index (κ3) is 3.99. The van der Waals surface area contributed by atoms with Crippen molar-refractivity contribution in [2.45, 2.75) is 6.92 Å². The Labute approximate surface area is 164 Å². The second kappa shape index (κ2) is 7.98. The maximum absolute atomic E-state index is 13.1. The Kier molecular flexibility index (Phi) is 5.26. The van der Waals surface area contributed by atoms with E-state index >= 15 is 0 Å². The lowest BCUT2D eigenvalue weighted by molar-refractivity contribution is -0.117. The number of fused-ring (bicyclic) bond motifs is 1. The Bertz CT molecular complexity index is 979. The van der Waals surface area contributed by atoms with E-state index in [-0.39, 0.29) is 11.7 Å². The van der Waals surface area contributed by atoms with E-state index in [0.717, 1.165) is 53.9 Å². The average Bonchev–Trinajstić information content (AvgIpc) is 2.71. The maximum Gasteiger partial charge on any atom is 0.238 e. The van der Waals surface area contributed by atoms with Gasteiger partial charge in [0.2, 0.25) is 5.91 Å². The molecular weight excluding hydrogens is 353 g/mol. The fourth-order valence-electron chi connectivity index (χ4n) is 3.74. The number of benzene rings is 3. The summed E-state index contributed by atoms with van der Waals surface area (Å²) in [6.07, 6.45) is 0. The maximum atomic E-state index is 13.1. The number of anilines is 2. The van der Waals surface area contributed by atoms with E-state index < -0.39 is 0 Å². The van der Waals surface area contributed by atoms with Crippen LogP contribution in [0.4, 0.5) is 15.8 Å². The van der Waals surface area contributed by atoms with Gasteiger partial charge in [0.15, 0.2) is 0 Å². The molecule has 0 unspecified atom stereocenters. The third-order valence-corrected chi connectivity index (χ3v) is 5.33. The summed E-state index contributed by atoms with van der Waals surface area (Å²) in [5.74, 6) is -0.211. The summed E-state index contributed by atoms with van der Waals surface area (Å²) in [4.78, 5) is 17.0. The van der Waals surface area contributed by atoms with Crippen molar-refractivity contribution in [2.24, 2.45) is 0 Å². The van der Waals surface area contributed by atoms with Crippen molar-refractivity contribution in [1.82, 2.24) is 4.90 Å². The molecule has 1 N–H and O–H groups in total. The molecule has 28 heavy (non-hydrogen) atoms. The molecule has 4 rings (SSSR count). The number of hydrogen-bond acceptors (Lipinski definition) is 3. The van der Waals surface area contributed by atoms with Gasteiger partial charge in [0.25, 0.3) is 0 Å². The first-order valence-corrected chi connectivity index (χ1v) is 9.61. The van der Waals surface area contributed by atoms with Gasteiger partial charge in [0, 0.05) is 37.3 Å². The van der Waals surface area contributed by atoms with E-state index in [1.165, 1.54) is 12.1 Å². The summed E-state index contributed by atoms with van der Waals surface area (Å²) in [5.41, 5.74) is 2.98. The van der Waals surface area contributed by atoms with Crippen LogP contribution in [-0.2, 0) is 4.79 Å². The lowest BCUT2D eigenvalue weighted by atomic mass is 10.0. The first-order chi connectivity index (χ1) is 13.6. The quantitative estimate of drug-likeness (QED) is 0.745. The zero-order valence-electron chi connectivity index (χ0n) is 16.0. The van der Waals surface area contributed by atoms with Crippen molar-refractivity contribution in [3.8, 4) is 0 Å². The van der Waals surface area contributed by atoms with Crippen molar-refractivity contribution in [1.29, 1.82) is 0 Å². The molecule has 0 spiro atoms. The highest BCUT2D eigenvalue weighted by Gasteiger charge is 2.20. The summed E-state index contributed by atoms with van der Waals surface area (Å²) in [6.45, 7) is 5.65. The van der Waals surface area contributed by atoms with Gasteiger partial charge in [-0.2, -0.15) is 0 Å². The molecule has 0 radical (unpaired) electrons. The third-order valence-electron chi connectivity index (χ3n) is 5.33. The van der Waals surface area contributed by atoms with E-state index in [4.69, 9.17) is 0 Å². The summed E-state index contributed by atoms with van der Waals surface area (Å²) in [7, 11) is 0. The molecule has 1 amide bonds. The zero-order valence-corrected chi connectivity index (χ0v) is 16.0. The van der Waals surface area contributed by atoms with Crippen LogP contribution in [-0.4, -0.2) is 43.5 Å². The Morgan fingerprint density at radius 2 is 1.68 bits per heavy atom. The SMILES string of the molecule is Cc1ccc2ccccc2c1NC(=O)CN1CCN(c2ccc(F)cc2)CC1. The number of amides is 1. The summed E-state index contributed by atoms with van der Waals surface area (Å²) in [5, 5.41) is 5.30. The van der Waals surface area contributed by atoms with E-state index in [1.54, 1.807) is 12.1 Å². The molecule has 5 heteroatoms. The highest BCUT2D eigenvalue weighted by Crippen LogP contribution is 2.27. The van der Waals surface area contributed by atoms with Gasteiger partial charge in [-0.15, -0.1) is 0 Å². The van der Waals surface area contributed by atoms with Crippen molar-refractivity contribution < 1.29 is 9.18 Å². The first-order valence-electron chi connectivity index (χ1n) is 9.61. The topological polar surface area (TPSA) is 35.6 Å². The van der Waals surface area contributed by atoms with E-state index in [9.17, 15) is 9.18 Å². The number of piperazine rings is 1. The van der Waals surface area contributed by atoms with Gasteiger partial charge in [-0.05, 0) is 42.1 Å². The number of carbonyl (C=O) groups excluding carboxylic acids is 1. The average molecular weight is 377 g/mol. The first kappa shape index (κ1) is 18.4. The lowest BCUT2D eigenvalue weighted by Gasteiger charge is -2.35. The van der Waals surface area contributed by atoms with Crippen LogP contribution in [0.3, 0.4) is 0 Å². The van der Waals surface area contributed by atoms with Crippen molar-refractivity contribution in [3.05, 3.63) is 72.0 Å². The number of carbonyl (C=O) groups is 1. The van der Waals surface area contributed by atoms with E-state index in [2.05, 4.69) is 27.2 Å². The second-order valence-corrected chi connectivity index (χ2v) is 7.27. The van der Waals surface area contributed by atoms with Gasteiger partial charge < -0.3 is 10.2 Å². The summed E-state index contributed by atoms with van der Waals surface area (Å²) < 4.78 is 13.1. The predicted molar refractivity (Wildman–Crippen MR) is 112 cm³/mol. The van der Waals surface area contributed by atoms with Crippen LogP contribution in [0.15, 0.2) is 60.7 Å². The Morgan fingerprint density at radius 3 is 2.43 bits per heavy atom. The zero-order chi connectivity index (χ0) is 19.5. The van der Waals surface area contributed by atoms with Crippen molar-refractivity contribution >= 4 is 28.1 Å². The molecule has 0 aliphatic carbocycles. The number of nitrogens with zero attached hydrogens (tertiary/aromatic N) is 2. The second-order valence-electron chi connectivity index (χ2n) is 7.27. The Hall–Kier alpha value is -2.92. The van der Waals surface area contributed by atoms with Crippen LogP contribution in [0.1, 0.15) is 5.56 Å².